The Bertz CT molecular complexity index is 1080. The average Bonchev–Trinajstić information content (AvgIpc) is 3.68. The van der Waals surface area contributed by atoms with Gasteiger partial charge in [0.2, 0.25) is 15.9 Å². The minimum Gasteiger partial charge on any atom is -0.444 e. The van der Waals surface area contributed by atoms with Gasteiger partial charge in [-0.3, -0.25) is 14.5 Å². The SMILES string of the molecule is C=CC1CC1N(C(=O)NS(=O)(=O)C1CC1)C(=O)C1CC(N)CN1C(=O)CC(C)(C)CNC(=O)OC(C)(C)C. The number of carbonyl (C=O) groups excluding carboxylic acids is 4. The summed E-state index contributed by atoms with van der Waals surface area (Å²) in [6.07, 6.45) is 2.57. The van der Waals surface area contributed by atoms with Crippen LogP contribution in [0.3, 0.4) is 0 Å². The van der Waals surface area contributed by atoms with Crippen molar-refractivity contribution in [3.63, 3.8) is 0 Å². The van der Waals surface area contributed by atoms with Crippen LogP contribution in [0.4, 0.5) is 9.59 Å². The maximum Gasteiger partial charge on any atom is 0.407 e. The molecule has 0 radical (unpaired) electrons. The third-order valence-electron chi connectivity index (χ3n) is 6.77. The van der Waals surface area contributed by atoms with Gasteiger partial charge in [0.25, 0.3) is 5.91 Å². The van der Waals surface area contributed by atoms with E-state index in [0.717, 1.165) is 4.90 Å². The number of carbonyl (C=O) groups is 4. The molecule has 5 amide bonds. The van der Waals surface area contributed by atoms with E-state index in [4.69, 9.17) is 10.5 Å². The fourth-order valence-corrected chi connectivity index (χ4v) is 5.80. The van der Waals surface area contributed by atoms with Crippen LogP contribution in [0.5, 0.6) is 0 Å². The summed E-state index contributed by atoms with van der Waals surface area (Å²) in [5, 5.41) is 2.04. The second-order valence-corrected chi connectivity index (χ2v) is 14.3. The van der Waals surface area contributed by atoms with Crippen molar-refractivity contribution < 1.29 is 32.3 Å². The van der Waals surface area contributed by atoms with Crippen LogP contribution in [0.1, 0.15) is 66.7 Å². The number of rotatable bonds is 9. The highest BCUT2D eigenvalue weighted by atomic mass is 32.2. The second-order valence-electron chi connectivity index (χ2n) is 12.3. The normalized spacial score (nSPS) is 25.4. The van der Waals surface area contributed by atoms with E-state index in [1.54, 1.807) is 40.7 Å². The lowest BCUT2D eigenvalue weighted by Crippen LogP contribution is -2.55. The molecule has 13 heteroatoms. The lowest BCUT2D eigenvalue weighted by atomic mass is 9.88. The zero-order valence-electron chi connectivity index (χ0n) is 22.9. The van der Waals surface area contributed by atoms with Crippen LogP contribution < -0.4 is 15.8 Å². The van der Waals surface area contributed by atoms with Gasteiger partial charge in [-0.2, -0.15) is 0 Å². The molecule has 1 saturated heterocycles. The number of nitrogens with two attached hydrogens (primary N) is 1. The van der Waals surface area contributed by atoms with Gasteiger partial charge in [0.1, 0.15) is 11.6 Å². The van der Waals surface area contributed by atoms with Gasteiger partial charge >= 0.3 is 12.1 Å². The number of amides is 5. The highest BCUT2D eigenvalue weighted by molar-refractivity contribution is 7.90. The number of urea groups is 1. The molecule has 0 bridgehead atoms. The van der Waals surface area contributed by atoms with Crippen molar-refractivity contribution in [2.75, 3.05) is 13.1 Å². The third kappa shape index (κ3) is 7.68. The molecule has 0 aromatic heterocycles. The van der Waals surface area contributed by atoms with E-state index in [1.807, 2.05) is 4.72 Å². The molecule has 4 atom stereocenters. The molecule has 2 aliphatic carbocycles. The van der Waals surface area contributed by atoms with Crippen molar-refractivity contribution in [2.45, 2.75) is 95.7 Å². The Balaban J connectivity index is 1.71. The van der Waals surface area contributed by atoms with Crippen LogP contribution in [0.2, 0.25) is 0 Å². The quantitative estimate of drug-likeness (QED) is 0.359. The van der Waals surface area contributed by atoms with Gasteiger partial charge < -0.3 is 20.7 Å². The summed E-state index contributed by atoms with van der Waals surface area (Å²) in [6, 6.07) is -3.03. The Morgan fingerprint density at radius 2 is 1.76 bits per heavy atom. The summed E-state index contributed by atoms with van der Waals surface area (Å²) < 4.78 is 32.1. The molecule has 0 spiro atoms. The van der Waals surface area contributed by atoms with Gasteiger partial charge in [-0.15, -0.1) is 6.58 Å². The van der Waals surface area contributed by atoms with E-state index in [1.165, 1.54) is 4.90 Å². The number of alkyl carbamates (subject to hydrolysis) is 1. The van der Waals surface area contributed by atoms with E-state index in [-0.39, 0.29) is 37.8 Å². The predicted molar refractivity (Wildman–Crippen MR) is 140 cm³/mol. The fraction of sp³-hybridized carbons (Fsp3) is 0.760. The van der Waals surface area contributed by atoms with Gasteiger partial charge in [-0.1, -0.05) is 19.9 Å². The monoisotopic (exact) mass is 555 g/mol. The van der Waals surface area contributed by atoms with Gasteiger partial charge in [-0.25, -0.2) is 22.7 Å². The lowest BCUT2D eigenvalue weighted by molar-refractivity contribution is -0.143. The third-order valence-corrected chi connectivity index (χ3v) is 8.58. The zero-order chi connectivity index (χ0) is 28.6. The average molecular weight is 556 g/mol. The minimum atomic E-state index is -3.88. The van der Waals surface area contributed by atoms with Crippen molar-refractivity contribution in [3.8, 4) is 0 Å². The number of ether oxygens (including phenoxy) is 1. The Kier molecular flexibility index (Phi) is 8.52. The summed E-state index contributed by atoms with van der Waals surface area (Å²) in [4.78, 5) is 54.5. The molecule has 3 aliphatic rings. The Hall–Kier alpha value is -2.67. The molecule has 4 unspecified atom stereocenters. The molecule has 12 nitrogen and oxygen atoms in total. The van der Waals surface area contributed by atoms with E-state index in [9.17, 15) is 27.6 Å². The van der Waals surface area contributed by atoms with E-state index >= 15 is 0 Å². The Labute approximate surface area is 224 Å². The summed E-state index contributed by atoms with van der Waals surface area (Å²) in [5.74, 6) is -1.16. The van der Waals surface area contributed by atoms with Crippen LogP contribution >= 0.6 is 0 Å². The van der Waals surface area contributed by atoms with Gasteiger partial charge in [-0.05, 0) is 57.8 Å². The summed E-state index contributed by atoms with van der Waals surface area (Å²) in [7, 11) is -3.88. The number of hydrogen-bond donors (Lipinski definition) is 3. The number of imide groups is 1. The van der Waals surface area contributed by atoms with Crippen molar-refractivity contribution >= 4 is 34.0 Å². The standard InChI is InChI=1S/C25H41N5O7S/c1-7-15-10-18(15)30(22(33)28-38(35,36)17-8-9-17)21(32)19-11-16(26)13-29(19)20(31)12-25(5,6)14-27-23(34)37-24(2,3)4/h7,15-19H,1,8-14,26H2,2-6H3,(H,27,34)(H,28,33). The van der Waals surface area contributed by atoms with Crippen LogP contribution in [0, 0.1) is 11.3 Å². The summed E-state index contributed by atoms with van der Waals surface area (Å²) >= 11 is 0. The molecule has 3 rings (SSSR count). The summed E-state index contributed by atoms with van der Waals surface area (Å²) in [6.45, 7) is 12.8. The van der Waals surface area contributed by atoms with Crippen LogP contribution in [0.15, 0.2) is 12.7 Å². The van der Waals surface area contributed by atoms with Crippen molar-refractivity contribution in [1.82, 2.24) is 19.8 Å². The molecule has 4 N–H and O–H groups in total. The smallest absolute Gasteiger partial charge is 0.407 e. The lowest BCUT2D eigenvalue weighted by Gasteiger charge is -2.32. The first-order valence-electron chi connectivity index (χ1n) is 13.0. The first-order chi connectivity index (χ1) is 17.4. The van der Waals surface area contributed by atoms with Gasteiger partial charge in [0.05, 0.1) is 5.25 Å². The van der Waals surface area contributed by atoms with Crippen LogP contribution in [-0.2, 0) is 24.3 Å². The molecule has 0 aromatic rings. The molecule has 1 aliphatic heterocycles. The van der Waals surface area contributed by atoms with E-state index in [0.29, 0.717) is 19.3 Å². The largest absolute Gasteiger partial charge is 0.444 e. The minimum absolute atomic E-state index is 0.000263. The molecular formula is C25H41N5O7S. The molecular weight excluding hydrogens is 514 g/mol. The van der Waals surface area contributed by atoms with E-state index in [2.05, 4.69) is 11.9 Å². The topological polar surface area (TPSA) is 168 Å². The van der Waals surface area contributed by atoms with E-state index < -0.39 is 62.4 Å². The number of hydrogen-bond acceptors (Lipinski definition) is 8. The highest BCUT2D eigenvalue weighted by Crippen LogP contribution is 2.38. The van der Waals surface area contributed by atoms with Crippen LogP contribution in [-0.4, -0.2) is 84.2 Å². The van der Waals surface area contributed by atoms with Gasteiger partial charge in [0, 0.05) is 31.6 Å². The Morgan fingerprint density at radius 1 is 1.13 bits per heavy atom. The number of nitrogens with one attached hydrogen (secondary N) is 2. The molecule has 1 heterocycles. The number of sulfonamides is 1. The predicted octanol–water partition coefficient (Wildman–Crippen LogP) is 1.46. The van der Waals surface area contributed by atoms with Crippen LogP contribution in [0.25, 0.3) is 0 Å². The Morgan fingerprint density at radius 3 is 2.29 bits per heavy atom. The summed E-state index contributed by atoms with van der Waals surface area (Å²) in [5.41, 5.74) is 4.80. The fourth-order valence-electron chi connectivity index (χ4n) is 4.53. The molecule has 0 aromatic carbocycles. The molecule has 2 saturated carbocycles. The highest BCUT2D eigenvalue weighted by Gasteiger charge is 2.51. The van der Waals surface area contributed by atoms with Gasteiger partial charge in [0.15, 0.2) is 0 Å². The molecule has 3 fully saturated rings. The molecule has 214 valence electrons. The first-order valence-corrected chi connectivity index (χ1v) is 14.5. The van der Waals surface area contributed by atoms with Crippen molar-refractivity contribution in [3.05, 3.63) is 12.7 Å². The van der Waals surface area contributed by atoms with Crippen molar-refractivity contribution in [1.29, 1.82) is 0 Å². The maximum absolute atomic E-state index is 13.7. The zero-order valence-corrected chi connectivity index (χ0v) is 23.7. The second kappa shape index (κ2) is 10.8. The van der Waals surface area contributed by atoms with Crippen molar-refractivity contribution in [2.24, 2.45) is 17.1 Å². The first kappa shape index (κ1) is 29.9. The number of likely N-dealkylation sites (tertiary alicyclic amines) is 1. The molecule has 38 heavy (non-hydrogen) atoms. The maximum atomic E-state index is 13.7. The number of nitrogens with zero attached hydrogens (tertiary/aromatic N) is 2.